The van der Waals surface area contributed by atoms with Crippen molar-refractivity contribution >= 4 is 10.1 Å². The third-order valence-corrected chi connectivity index (χ3v) is 1.84. The van der Waals surface area contributed by atoms with Crippen molar-refractivity contribution in [1.29, 1.82) is 0 Å². The van der Waals surface area contributed by atoms with E-state index >= 15 is 0 Å². The molecule has 0 rings (SSSR count). The third-order valence-electron chi connectivity index (χ3n) is 0.913. The molecule has 62 valence electrons. The van der Waals surface area contributed by atoms with E-state index in [1.54, 1.807) is 0 Å². The molecule has 0 aromatic carbocycles. The fraction of sp³-hybridized carbons (Fsp3) is 1.00. The molecule has 0 bridgehead atoms. The van der Waals surface area contributed by atoms with Crippen LogP contribution < -0.4 is 0 Å². The van der Waals surface area contributed by atoms with Gasteiger partial charge in [-0.1, -0.05) is 0 Å². The summed E-state index contributed by atoms with van der Waals surface area (Å²) in [5.74, 6) is 0. The Morgan fingerprint density at radius 2 is 2.10 bits per heavy atom. The zero-order valence-electron chi connectivity index (χ0n) is 5.52. The Morgan fingerprint density at radius 3 is 2.40 bits per heavy atom. The van der Waals surface area contributed by atoms with Crippen molar-refractivity contribution < 1.29 is 22.8 Å². The van der Waals surface area contributed by atoms with Gasteiger partial charge >= 0.3 is 0 Å². The van der Waals surface area contributed by atoms with Crippen LogP contribution in [0.3, 0.4) is 0 Å². The van der Waals surface area contributed by atoms with Gasteiger partial charge in [0.25, 0.3) is 10.1 Å². The average Bonchev–Trinajstić information content (AvgIpc) is 1.80. The Hall–Kier alpha value is -0.170. The Morgan fingerprint density at radius 1 is 1.60 bits per heavy atom. The largest absolute Gasteiger partial charge is 0.385 e. The lowest BCUT2D eigenvalue weighted by molar-refractivity contribution is 0.144. The maximum atomic E-state index is 10.1. The van der Waals surface area contributed by atoms with Crippen LogP contribution in [0.5, 0.6) is 0 Å². The van der Waals surface area contributed by atoms with Crippen LogP contribution in [0.25, 0.3) is 0 Å². The highest BCUT2D eigenvalue weighted by atomic mass is 32.2. The van der Waals surface area contributed by atoms with Gasteiger partial charge in [-0.05, 0) is 0 Å². The molecule has 0 saturated carbocycles. The number of aliphatic hydroxyl groups is 1. The topological polar surface area (TPSA) is 83.8 Å². The highest BCUT2D eigenvalue weighted by molar-refractivity contribution is 7.86. The molecule has 0 radical (unpaired) electrons. The summed E-state index contributed by atoms with van der Waals surface area (Å²) >= 11 is 0. The van der Waals surface area contributed by atoms with E-state index in [2.05, 4.69) is 4.74 Å². The molecule has 0 amide bonds. The van der Waals surface area contributed by atoms with E-state index in [-0.39, 0.29) is 13.0 Å². The van der Waals surface area contributed by atoms with Gasteiger partial charge in [-0.25, -0.2) is 0 Å². The molecule has 0 heterocycles. The van der Waals surface area contributed by atoms with Crippen molar-refractivity contribution in [2.24, 2.45) is 0 Å². The number of hydrogen-bond acceptors (Lipinski definition) is 4. The molecule has 5 nitrogen and oxygen atoms in total. The zero-order chi connectivity index (χ0) is 8.20. The van der Waals surface area contributed by atoms with Crippen molar-refractivity contribution in [3.63, 3.8) is 0 Å². The van der Waals surface area contributed by atoms with Crippen molar-refractivity contribution in [3.05, 3.63) is 0 Å². The van der Waals surface area contributed by atoms with Crippen LogP contribution in [0.4, 0.5) is 0 Å². The third kappa shape index (κ3) is 3.78. The molecular weight excluding hydrogens is 160 g/mol. The molecule has 0 fully saturated rings. The van der Waals surface area contributed by atoms with Crippen molar-refractivity contribution in [3.8, 4) is 0 Å². The monoisotopic (exact) mass is 170 g/mol. The Kier molecular flexibility index (Phi) is 3.80. The lowest BCUT2D eigenvalue weighted by Gasteiger charge is -2.04. The van der Waals surface area contributed by atoms with Crippen LogP contribution in [-0.4, -0.2) is 37.2 Å². The van der Waals surface area contributed by atoms with Gasteiger partial charge in [0.05, 0.1) is 0 Å². The fourth-order valence-corrected chi connectivity index (χ4v) is 0.762. The summed E-state index contributed by atoms with van der Waals surface area (Å²) in [6.07, 6.45) is -0.116. The first kappa shape index (κ1) is 9.83. The molecule has 1 atom stereocenters. The minimum Gasteiger partial charge on any atom is -0.385 e. The molecule has 0 aliphatic carbocycles. The van der Waals surface area contributed by atoms with Gasteiger partial charge in [0.2, 0.25) is 0 Å². The highest BCUT2D eigenvalue weighted by Crippen LogP contribution is 1.98. The zero-order valence-corrected chi connectivity index (χ0v) is 6.34. The summed E-state index contributed by atoms with van der Waals surface area (Å²) in [6.45, 7) is 0.0982. The summed E-state index contributed by atoms with van der Waals surface area (Å²) < 4.78 is 32.8. The van der Waals surface area contributed by atoms with Crippen LogP contribution in [-0.2, 0) is 14.9 Å². The Balaban J connectivity index is 3.75. The highest BCUT2D eigenvalue weighted by Gasteiger charge is 2.18. The SMILES string of the molecule is COCCC(O)S(=O)(=O)O. The van der Waals surface area contributed by atoms with Gasteiger partial charge in [-0.2, -0.15) is 8.42 Å². The van der Waals surface area contributed by atoms with E-state index in [1.807, 2.05) is 0 Å². The maximum absolute atomic E-state index is 10.1. The minimum absolute atomic E-state index is 0.0982. The van der Waals surface area contributed by atoms with E-state index in [4.69, 9.17) is 9.66 Å². The second-order valence-electron chi connectivity index (χ2n) is 1.75. The van der Waals surface area contributed by atoms with Gasteiger partial charge in [0.15, 0.2) is 5.44 Å². The van der Waals surface area contributed by atoms with Gasteiger partial charge in [-0.15, -0.1) is 0 Å². The summed E-state index contributed by atoms with van der Waals surface area (Å²) in [5.41, 5.74) is -1.73. The van der Waals surface area contributed by atoms with E-state index in [9.17, 15) is 8.42 Å². The van der Waals surface area contributed by atoms with E-state index < -0.39 is 15.6 Å². The van der Waals surface area contributed by atoms with Gasteiger partial charge in [0, 0.05) is 20.1 Å². The number of hydrogen-bond donors (Lipinski definition) is 2. The first-order valence-electron chi connectivity index (χ1n) is 2.61. The van der Waals surface area contributed by atoms with Crippen LogP contribution in [0, 0.1) is 0 Å². The average molecular weight is 170 g/mol. The molecule has 1 unspecified atom stereocenters. The van der Waals surface area contributed by atoms with Crippen LogP contribution in [0.2, 0.25) is 0 Å². The maximum Gasteiger partial charge on any atom is 0.292 e. The van der Waals surface area contributed by atoms with Gasteiger partial charge < -0.3 is 9.84 Å². The quantitative estimate of drug-likeness (QED) is 0.541. The van der Waals surface area contributed by atoms with Gasteiger partial charge in [-0.3, -0.25) is 4.55 Å². The fourth-order valence-electron chi connectivity index (χ4n) is 0.368. The predicted molar refractivity (Wildman–Crippen MR) is 34.0 cm³/mol. The minimum atomic E-state index is -4.30. The molecule has 0 aromatic heterocycles. The number of rotatable bonds is 4. The molecular formula is C4H10O5S. The molecule has 0 aliphatic rings. The molecule has 10 heavy (non-hydrogen) atoms. The van der Waals surface area contributed by atoms with Crippen LogP contribution >= 0.6 is 0 Å². The molecule has 0 aliphatic heterocycles. The normalized spacial score (nSPS) is 15.1. The predicted octanol–water partition coefficient (Wildman–Crippen LogP) is -0.771. The van der Waals surface area contributed by atoms with Crippen molar-refractivity contribution in [1.82, 2.24) is 0 Å². The second kappa shape index (κ2) is 3.87. The molecule has 0 aromatic rings. The van der Waals surface area contributed by atoms with E-state index in [1.165, 1.54) is 7.11 Å². The number of ether oxygens (including phenoxy) is 1. The molecule has 0 spiro atoms. The lowest BCUT2D eigenvalue weighted by atomic mass is 10.5. The van der Waals surface area contributed by atoms with Crippen LogP contribution in [0.15, 0.2) is 0 Å². The Labute approximate surface area is 59.4 Å². The van der Waals surface area contributed by atoms with E-state index in [0.717, 1.165) is 0 Å². The summed E-state index contributed by atoms with van der Waals surface area (Å²) in [5, 5.41) is 8.60. The first-order chi connectivity index (χ1) is 4.48. The van der Waals surface area contributed by atoms with Gasteiger partial charge in [0.1, 0.15) is 0 Å². The smallest absolute Gasteiger partial charge is 0.292 e. The summed E-state index contributed by atoms with van der Waals surface area (Å²) in [4.78, 5) is 0. The first-order valence-corrected chi connectivity index (χ1v) is 4.12. The van der Waals surface area contributed by atoms with Crippen LogP contribution in [0.1, 0.15) is 6.42 Å². The number of methoxy groups -OCH3 is 1. The Bertz CT molecular complexity index is 172. The molecule has 0 saturated heterocycles. The molecule has 2 N–H and O–H groups in total. The van der Waals surface area contributed by atoms with Crippen molar-refractivity contribution in [2.75, 3.05) is 13.7 Å². The standard InChI is InChI=1S/C4H10O5S/c1-9-3-2-4(5)10(6,7)8/h4-5H,2-3H2,1H3,(H,6,7,8). The van der Waals surface area contributed by atoms with E-state index in [0.29, 0.717) is 0 Å². The summed E-state index contributed by atoms with van der Waals surface area (Å²) in [7, 11) is -2.93. The second-order valence-corrected chi connectivity index (χ2v) is 3.33. The van der Waals surface area contributed by atoms with Crippen molar-refractivity contribution in [2.45, 2.75) is 11.9 Å². The summed E-state index contributed by atoms with van der Waals surface area (Å²) in [6, 6.07) is 0. The lowest BCUT2D eigenvalue weighted by Crippen LogP contribution is -2.21. The molecule has 6 heteroatoms. The number of aliphatic hydroxyl groups excluding tert-OH is 1.